The molecule has 0 aliphatic carbocycles. The third-order valence-electron chi connectivity index (χ3n) is 4.33. The number of carbonyl (C=O) groups is 1. The normalized spacial score (nSPS) is 16.4. The van der Waals surface area contributed by atoms with Gasteiger partial charge in [-0.3, -0.25) is 4.79 Å². The minimum Gasteiger partial charge on any atom is -0.397 e. The number of benzene rings is 2. The Kier molecular flexibility index (Phi) is 2.64. The minimum absolute atomic E-state index is 0.0724. The van der Waals surface area contributed by atoms with Crippen LogP contribution in [0.15, 0.2) is 36.4 Å². The number of nitrogens with zero attached hydrogens (tertiary/aromatic N) is 1. The molecule has 0 fully saturated rings. The zero-order chi connectivity index (χ0) is 14.4. The third-order valence-corrected chi connectivity index (χ3v) is 4.33. The van der Waals surface area contributed by atoms with Crippen LogP contribution in [0.4, 0.5) is 17.1 Å². The lowest BCUT2D eigenvalue weighted by Crippen LogP contribution is -2.21. The Labute approximate surface area is 123 Å². The molecule has 2 aliphatic heterocycles. The summed E-state index contributed by atoms with van der Waals surface area (Å²) >= 11 is 0. The van der Waals surface area contributed by atoms with E-state index < -0.39 is 0 Å². The Morgan fingerprint density at radius 2 is 1.71 bits per heavy atom. The van der Waals surface area contributed by atoms with E-state index in [0.29, 0.717) is 6.42 Å². The van der Waals surface area contributed by atoms with E-state index in [9.17, 15) is 4.79 Å². The number of fused-ring (bicyclic) bond motifs is 2. The maximum absolute atomic E-state index is 11.5. The predicted molar refractivity (Wildman–Crippen MR) is 84.1 cm³/mol. The van der Waals surface area contributed by atoms with Crippen LogP contribution < -0.4 is 16.0 Å². The van der Waals surface area contributed by atoms with Crippen molar-refractivity contribution in [1.29, 1.82) is 0 Å². The molecule has 0 bridgehead atoms. The first kappa shape index (κ1) is 12.3. The average molecular weight is 279 g/mol. The van der Waals surface area contributed by atoms with Gasteiger partial charge in [-0.25, -0.2) is 0 Å². The lowest BCUT2D eigenvalue weighted by molar-refractivity contribution is -0.116. The summed E-state index contributed by atoms with van der Waals surface area (Å²) in [6, 6.07) is 12.5. The molecule has 0 atom stereocenters. The summed E-state index contributed by atoms with van der Waals surface area (Å²) in [6.07, 6.45) is 1.34. The molecule has 4 rings (SSSR count). The van der Waals surface area contributed by atoms with Crippen LogP contribution in [0.2, 0.25) is 0 Å². The number of carbonyl (C=O) groups excluding carboxylic acids is 1. The molecule has 106 valence electrons. The fourth-order valence-corrected chi connectivity index (χ4v) is 3.21. The molecule has 1 amide bonds. The number of rotatable bonds is 1. The summed E-state index contributed by atoms with van der Waals surface area (Å²) < 4.78 is 0. The summed E-state index contributed by atoms with van der Waals surface area (Å²) in [6.45, 7) is 1.79. The van der Waals surface area contributed by atoms with Crippen LogP contribution in [0.5, 0.6) is 0 Å². The summed E-state index contributed by atoms with van der Waals surface area (Å²) in [5.74, 6) is 0.0724. The zero-order valence-electron chi connectivity index (χ0n) is 11.7. The van der Waals surface area contributed by atoms with Crippen molar-refractivity contribution in [3.8, 4) is 0 Å². The van der Waals surface area contributed by atoms with Gasteiger partial charge in [0.25, 0.3) is 0 Å². The van der Waals surface area contributed by atoms with Crippen molar-refractivity contribution in [2.75, 3.05) is 16.0 Å². The van der Waals surface area contributed by atoms with Gasteiger partial charge >= 0.3 is 0 Å². The Hall–Kier alpha value is -2.49. The highest BCUT2D eigenvalue weighted by atomic mass is 16.1. The second-order valence-corrected chi connectivity index (χ2v) is 5.74. The van der Waals surface area contributed by atoms with Crippen molar-refractivity contribution in [3.63, 3.8) is 0 Å². The van der Waals surface area contributed by atoms with Crippen molar-refractivity contribution in [1.82, 2.24) is 0 Å². The summed E-state index contributed by atoms with van der Waals surface area (Å²) in [4.78, 5) is 13.8. The van der Waals surface area contributed by atoms with Gasteiger partial charge in [-0.1, -0.05) is 24.3 Å². The van der Waals surface area contributed by atoms with Crippen molar-refractivity contribution in [3.05, 3.63) is 53.1 Å². The highest BCUT2D eigenvalue weighted by molar-refractivity contribution is 5.95. The van der Waals surface area contributed by atoms with E-state index in [1.54, 1.807) is 0 Å². The maximum atomic E-state index is 11.5. The molecular weight excluding hydrogens is 262 g/mol. The average Bonchev–Trinajstić information content (AvgIpc) is 2.90. The maximum Gasteiger partial charge on any atom is 0.224 e. The molecule has 0 saturated carbocycles. The topological polar surface area (TPSA) is 58.4 Å². The van der Waals surface area contributed by atoms with Crippen molar-refractivity contribution in [2.45, 2.75) is 25.9 Å². The number of hydrogen-bond donors (Lipinski definition) is 2. The Morgan fingerprint density at radius 1 is 1.00 bits per heavy atom. The van der Waals surface area contributed by atoms with Gasteiger partial charge in [0.2, 0.25) is 5.91 Å². The molecule has 0 aromatic heterocycles. The van der Waals surface area contributed by atoms with Crippen LogP contribution in [-0.4, -0.2) is 5.91 Å². The monoisotopic (exact) mass is 279 g/mol. The Balaban J connectivity index is 1.69. The summed E-state index contributed by atoms with van der Waals surface area (Å²) in [5, 5.41) is 2.90. The largest absolute Gasteiger partial charge is 0.397 e. The Morgan fingerprint density at radius 3 is 2.43 bits per heavy atom. The van der Waals surface area contributed by atoms with Crippen molar-refractivity contribution >= 4 is 23.0 Å². The van der Waals surface area contributed by atoms with Gasteiger partial charge in [0, 0.05) is 25.2 Å². The van der Waals surface area contributed by atoms with E-state index in [2.05, 4.69) is 40.5 Å². The van der Waals surface area contributed by atoms with Gasteiger partial charge < -0.3 is 16.0 Å². The van der Waals surface area contributed by atoms with Crippen LogP contribution in [0.3, 0.4) is 0 Å². The molecule has 0 radical (unpaired) electrons. The van der Waals surface area contributed by atoms with Crippen LogP contribution in [-0.2, 0) is 24.3 Å². The number of amides is 1. The molecule has 0 spiro atoms. The van der Waals surface area contributed by atoms with Gasteiger partial charge in [-0.2, -0.15) is 0 Å². The molecule has 3 N–H and O–H groups in total. The molecule has 2 aliphatic rings. The number of nitrogen functional groups attached to an aromatic ring is 1. The van der Waals surface area contributed by atoms with E-state index in [1.165, 1.54) is 16.7 Å². The van der Waals surface area contributed by atoms with Crippen LogP contribution in [0.1, 0.15) is 23.1 Å². The highest BCUT2D eigenvalue weighted by Gasteiger charge is 2.23. The molecule has 0 saturated heterocycles. The zero-order valence-corrected chi connectivity index (χ0v) is 11.7. The standard InChI is InChI=1S/C17H17N3O/c18-14-8-15-11(5-6-17(21)19-15)7-16(14)20-9-12-3-1-2-4-13(12)10-20/h1-4,7-8H,5-6,9-10,18H2,(H,19,21). The van der Waals surface area contributed by atoms with Crippen molar-refractivity contribution < 1.29 is 4.79 Å². The molecule has 2 aromatic carbocycles. The smallest absolute Gasteiger partial charge is 0.224 e. The number of nitrogens with two attached hydrogens (primary N) is 1. The molecule has 2 heterocycles. The molecular formula is C17H17N3O. The van der Waals surface area contributed by atoms with Crippen molar-refractivity contribution in [2.24, 2.45) is 0 Å². The van der Waals surface area contributed by atoms with Gasteiger partial charge in [-0.15, -0.1) is 0 Å². The van der Waals surface area contributed by atoms with E-state index in [0.717, 1.165) is 36.6 Å². The molecule has 21 heavy (non-hydrogen) atoms. The first-order chi connectivity index (χ1) is 10.2. The fraction of sp³-hybridized carbons (Fsp3) is 0.235. The van der Waals surface area contributed by atoms with Gasteiger partial charge in [-0.05, 0) is 35.2 Å². The quantitative estimate of drug-likeness (QED) is 0.789. The lowest BCUT2D eigenvalue weighted by Gasteiger charge is -2.24. The number of aryl methyl sites for hydroxylation is 1. The van der Waals surface area contributed by atoms with Crippen LogP contribution in [0.25, 0.3) is 0 Å². The summed E-state index contributed by atoms with van der Waals surface area (Å²) in [5.41, 5.74) is 12.8. The lowest BCUT2D eigenvalue weighted by atomic mass is 10.0. The molecule has 2 aromatic rings. The Bertz CT molecular complexity index is 714. The predicted octanol–water partition coefficient (Wildman–Crippen LogP) is 2.67. The van der Waals surface area contributed by atoms with Crippen LogP contribution >= 0.6 is 0 Å². The van der Waals surface area contributed by atoms with E-state index >= 15 is 0 Å². The second kappa shape index (κ2) is 4.52. The van der Waals surface area contributed by atoms with E-state index in [1.807, 2.05) is 6.07 Å². The number of nitrogens with one attached hydrogen (secondary N) is 1. The SMILES string of the molecule is Nc1cc2c(cc1N1Cc3ccccc3C1)CCC(=O)N2. The van der Waals surface area contributed by atoms with Gasteiger partial charge in [0.15, 0.2) is 0 Å². The first-order valence-electron chi connectivity index (χ1n) is 7.25. The van der Waals surface area contributed by atoms with Crippen LogP contribution in [0, 0.1) is 0 Å². The minimum atomic E-state index is 0.0724. The highest BCUT2D eigenvalue weighted by Crippen LogP contribution is 2.37. The molecule has 0 unspecified atom stereocenters. The molecule has 4 heteroatoms. The molecule has 4 nitrogen and oxygen atoms in total. The van der Waals surface area contributed by atoms with Gasteiger partial charge in [0.1, 0.15) is 0 Å². The number of anilines is 3. The summed E-state index contributed by atoms with van der Waals surface area (Å²) in [7, 11) is 0. The van der Waals surface area contributed by atoms with E-state index in [-0.39, 0.29) is 5.91 Å². The number of hydrogen-bond acceptors (Lipinski definition) is 3. The second-order valence-electron chi connectivity index (χ2n) is 5.74. The fourth-order valence-electron chi connectivity index (χ4n) is 3.21. The van der Waals surface area contributed by atoms with Gasteiger partial charge in [0.05, 0.1) is 11.4 Å². The first-order valence-corrected chi connectivity index (χ1v) is 7.25. The van der Waals surface area contributed by atoms with E-state index in [4.69, 9.17) is 5.73 Å². The third kappa shape index (κ3) is 2.03.